The van der Waals surface area contributed by atoms with Crippen LogP contribution in [-0.2, 0) is 14.4 Å². The van der Waals surface area contributed by atoms with E-state index >= 15 is 0 Å². The van der Waals surface area contributed by atoms with Crippen LogP contribution in [0.1, 0.15) is 25.7 Å². The highest BCUT2D eigenvalue weighted by Crippen LogP contribution is 2.12. The van der Waals surface area contributed by atoms with E-state index in [0.29, 0.717) is 37.2 Å². The van der Waals surface area contributed by atoms with Crippen molar-refractivity contribution in [3.8, 4) is 0 Å². The maximum absolute atomic E-state index is 11.8. The molecule has 0 aromatic carbocycles. The summed E-state index contributed by atoms with van der Waals surface area (Å²) in [5, 5.41) is 0. The summed E-state index contributed by atoms with van der Waals surface area (Å²) >= 11 is 4.72. The number of nitrogens with zero attached hydrogens (tertiary/aromatic N) is 2. The van der Waals surface area contributed by atoms with Crippen LogP contribution in [0.3, 0.4) is 0 Å². The van der Waals surface area contributed by atoms with E-state index in [1.165, 1.54) is 4.90 Å². The first-order valence-electron chi connectivity index (χ1n) is 5.77. The number of amides is 3. The van der Waals surface area contributed by atoms with Crippen molar-refractivity contribution >= 4 is 34.9 Å². The second kappa shape index (κ2) is 6.44. The summed E-state index contributed by atoms with van der Waals surface area (Å²) in [6.45, 7) is 0.204. The van der Waals surface area contributed by atoms with Crippen molar-refractivity contribution in [1.29, 1.82) is 0 Å². The molecule has 1 aliphatic heterocycles. The molecule has 1 rings (SSSR count). The molecule has 0 aromatic rings. The minimum atomic E-state index is -0.283. The molecule has 0 spiro atoms. The van der Waals surface area contributed by atoms with Crippen molar-refractivity contribution in [2.24, 2.45) is 5.73 Å². The second-order valence-electron chi connectivity index (χ2n) is 4.26. The van der Waals surface area contributed by atoms with E-state index < -0.39 is 0 Å². The first-order chi connectivity index (χ1) is 8.41. The van der Waals surface area contributed by atoms with Gasteiger partial charge < -0.3 is 10.6 Å². The standard InChI is InChI=1S/C11H17N3O3S/c1-13(6-5-8(12)18)11(17)7-14-9(15)3-2-4-10(14)16/h2-7H2,1H3,(H2,12,18). The Morgan fingerprint density at radius 2 is 1.94 bits per heavy atom. The minimum absolute atomic E-state index is 0.189. The zero-order chi connectivity index (χ0) is 13.7. The third-order valence-corrected chi connectivity index (χ3v) is 3.00. The second-order valence-corrected chi connectivity index (χ2v) is 4.78. The first kappa shape index (κ1) is 14.6. The third-order valence-electron chi connectivity index (χ3n) is 2.80. The van der Waals surface area contributed by atoms with E-state index in [1.54, 1.807) is 7.05 Å². The van der Waals surface area contributed by atoms with E-state index in [0.717, 1.165) is 4.90 Å². The van der Waals surface area contributed by atoms with Crippen LogP contribution in [0, 0.1) is 0 Å². The highest BCUT2D eigenvalue weighted by Gasteiger charge is 2.28. The van der Waals surface area contributed by atoms with Gasteiger partial charge in [-0.25, -0.2) is 0 Å². The number of rotatable bonds is 5. The molecule has 0 radical (unpaired) electrons. The van der Waals surface area contributed by atoms with Crippen LogP contribution in [0.4, 0.5) is 0 Å². The third kappa shape index (κ3) is 4.06. The van der Waals surface area contributed by atoms with E-state index in [-0.39, 0.29) is 24.3 Å². The molecule has 6 nitrogen and oxygen atoms in total. The number of piperidine rings is 1. The van der Waals surface area contributed by atoms with Crippen molar-refractivity contribution in [2.45, 2.75) is 25.7 Å². The topological polar surface area (TPSA) is 83.7 Å². The largest absolute Gasteiger partial charge is 0.393 e. The predicted molar refractivity (Wildman–Crippen MR) is 69.6 cm³/mol. The zero-order valence-corrected chi connectivity index (χ0v) is 11.2. The molecule has 1 fully saturated rings. The highest BCUT2D eigenvalue weighted by molar-refractivity contribution is 7.80. The Bertz CT molecular complexity index is 368. The smallest absolute Gasteiger partial charge is 0.242 e. The molecule has 1 heterocycles. The molecule has 0 saturated carbocycles. The van der Waals surface area contributed by atoms with Crippen LogP contribution in [-0.4, -0.2) is 52.6 Å². The number of thiocarbonyl (C=S) groups is 1. The van der Waals surface area contributed by atoms with Gasteiger partial charge in [-0.15, -0.1) is 0 Å². The average Bonchev–Trinajstić information content (AvgIpc) is 2.30. The van der Waals surface area contributed by atoms with Gasteiger partial charge in [0.05, 0.1) is 4.99 Å². The summed E-state index contributed by atoms with van der Waals surface area (Å²) in [6, 6.07) is 0. The fraction of sp³-hybridized carbons (Fsp3) is 0.636. The van der Waals surface area contributed by atoms with Gasteiger partial charge in [-0.2, -0.15) is 0 Å². The fourth-order valence-corrected chi connectivity index (χ4v) is 1.73. The lowest BCUT2D eigenvalue weighted by Crippen LogP contribution is -2.46. The fourth-order valence-electron chi connectivity index (χ4n) is 1.63. The molecule has 3 amide bonds. The molecule has 1 aliphatic rings. The summed E-state index contributed by atoms with van der Waals surface area (Å²) in [5.41, 5.74) is 5.34. The molecule has 0 aliphatic carbocycles. The molecule has 0 aromatic heterocycles. The van der Waals surface area contributed by atoms with Gasteiger partial charge in [0.25, 0.3) is 0 Å². The Balaban J connectivity index is 2.49. The van der Waals surface area contributed by atoms with Crippen molar-refractivity contribution in [3.63, 3.8) is 0 Å². The SMILES string of the molecule is CN(CCC(N)=S)C(=O)CN1C(=O)CCCC1=O. The average molecular weight is 271 g/mol. The van der Waals surface area contributed by atoms with Crippen molar-refractivity contribution in [1.82, 2.24) is 9.80 Å². The van der Waals surface area contributed by atoms with E-state index in [9.17, 15) is 14.4 Å². The number of nitrogens with two attached hydrogens (primary N) is 1. The lowest BCUT2D eigenvalue weighted by atomic mass is 10.1. The molecular formula is C11H17N3O3S. The van der Waals surface area contributed by atoms with Crippen molar-refractivity contribution in [3.05, 3.63) is 0 Å². The number of likely N-dealkylation sites (N-methyl/N-ethyl adjacent to an activating group) is 1. The predicted octanol–water partition coefficient (Wildman–Crippen LogP) is -0.340. The van der Waals surface area contributed by atoms with E-state index in [4.69, 9.17) is 18.0 Å². The molecule has 7 heteroatoms. The molecule has 1 saturated heterocycles. The number of hydrogen-bond donors (Lipinski definition) is 1. The highest BCUT2D eigenvalue weighted by atomic mass is 32.1. The van der Waals surface area contributed by atoms with Gasteiger partial charge in [-0.05, 0) is 6.42 Å². The lowest BCUT2D eigenvalue weighted by Gasteiger charge is -2.26. The lowest BCUT2D eigenvalue weighted by molar-refractivity contribution is -0.152. The summed E-state index contributed by atoms with van der Waals surface area (Å²) < 4.78 is 0. The van der Waals surface area contributed by atoms with Gasteiger partial charge in [-0.1, -0.05) is 12.2 Å². The Hall–Kier alpha value is -1.50. The zero-order valence-electron chi connectivity index (χ0n) is 10.3. The maximum Gasteiger partial charge on any atom is 0.242 e. The Kier molecular flexibility index (Phi) is 5.21. The number of likely N-dealkylation sites (tertiary alicyclic amines) is 1. The molecule has 2 N–H and O–H groups in total. The Morgan fingerprint density at radius 3 is 2.44 bits per heavy atom. The minimum Gasteiger partial charge on any atom is -0.393 e. The molecular weight excluding hydrogens is 254 g/mol. The first-order valence-corrected chi connectivity index (χ1v) is 6.18. The van der Waals surface area contributed by atoms with Crippen LogP contribution in [0.15, 0.2) is 0 Å². The van der Waals surface area contributed by atoms with Gasteiger partial charge in [0.2, 0.25) is 17.7 Å². The quantitative estimate of drug-likeness (QED) is 0.546. The van der Waals surface area contributed by atoms with E-state index in [1.807, 2.05) is 0 Å². The Morgan fingerprint density at radius 1 is 1.39 bits per heavy atom. The number of imide groups is 1. The summed E-state index contributed by atoms with van der Waals surface area (Å²) in [6.07, 6.45) is 1.66. The maximum atomic E-state index is 11.8. The molecule has 0 atom stereocenters. The van der Waals surface area contributed by atoms with Gasteiger partial charge in [-0.3, -0.25) is 19.3 Å². The number of carbonyl (C=O) groups excluding carboxylic acids is 3. The van der Waals surface area contributed by atoms with Crippen LogP contribution >= 0.6 is 12.2 Å². The summed E-state index contributed by atoms with van der Waals surface area (Å²) in [5.74, 6) is -0.834. The van der Waals surface area contributed by atoms with Crippen LogP contribution in [0.2, 0.25) is 0 Å². The summed E-state index contributed by atoms with van der Waals surface area (Å²) in [4.78, 5) is 37.6. The van der Waals surface area contributed by atoms with Gasteiger partial charge in [0.15, 0.2) is 0 Å². The van der Waals surface area contributed by atoms with E-state index in [2.05, 4.69) is 0 Å². The Labute approximate surface area is 111 Å². The van der Waals surface area contributed by atoms with Crippen LogP contribution in [0.5, 0.6) is 0 Å². The molecule has 0 unspecified atom stereocenters. The number of hydrogen-bond acceptors (Lipinski definition) is 4. The molecule has 18 heavy (non-hydrogen) atoms. The van der Waals surface area contributed by atoms with Gasteiger partial charge >= 0.3 is 0 Å². The van der Waals surface area contributed by atoms with Crippen LogP contribution < -0.4 is 5.73 Å². The van der Waals surface area contributed by atoms with Crippen molar-refractivity contribution in [2.75, 3.05) is 20.1 Å². The van der Waals surface area contributed by atoms with Crippen LogP contribution in [0.25, 0.3) is 0 Å². The molecule has 100 valence electrons. The van der Waals surface area contributed by atoms with Gasteiger partial charge in [0, 0.05) is 32.9 Å². The molecule has 0 bridgehead atoms. The normalized spacial score (nSPS) is 15.7. The van der Waals surface area contributed by atoms with Gasteiger partial charge in [0.1, 0.15) is 6.54 Å². The monoisotopic (exact) mass is 271 g/mol. The summed E-state index contributed by atoms with van der Waals surface area (Å²) in [7, 11) is 1.60. The number of carbonyl (C=O) groups is 3. The van der Waals surface area contributed by atoms with Crippen molar-refractivity contribution < 1.29 is 14.4 Å².